The van der Waals surface area contributed by atoms with Crippen molar-refractivity contribution in [3.05, 3.63) is 84.4 Å². The van der Waals surface area contributed by atoms with Gasteiger partial charge < -0.3 is 34.3 Å². The number of nitrogens with zero attached hydrogens (tertiary/aromatic N) is 4. The molecule has 4 aromatic heterocycles. The van der Waals surface area contributed by atoms with Crippen molar-refractivity contribution >= 4 is 50.8 Å². The zero-order valence-corrected chi connectivity index (χ0v) is 29.1. The van der Waals surface area contributed by atoms with Crippen LogP contribution >= 0.6 is 0 Å². The SMILES string of the molecule is CNC(=O)c1cc(Oc2ccc3nc(NCC4CCCCC4)oc3c2)ccn1.CNC(=O)c1cc(Oc2ccc3nc(S(C)=O)oc3c2)ccn1. The normalized spacial score (nSPS) is 13.5. The van der Waals surface area contributed by atoms with Crippen LogP contribution in [-0.4, -0.2) is 62.9 Å². The number of aromatic nitrogens is 4. The molecule has 3 N–H and O–H groups in total. The first-order chi connectivity index (χ1) is 24.8. The molecule has 14 nitrogen and oxygen atoms in total. The van der Waals surface area contributed by atoms with E-state index < -0.39 is 10.8 Å². The Bertz CT molecular complexity index is 2180. The van der Waals surface area contributed by atoms with Crippen LogP contribution < -0.4 is 25.4 Å². The summed E-state index contributed by atoms with van der Waals surface area (Å²) in [4.78, 5) is 39.9. The molecule has 51 heavy (non-hydrogen) atoms. The summed E-state index contributed by atoms with van der Waals surface area (Å²) in [6, 6.07) is 17.6. The average molecular weight is 712 g/mol. The highest BCUT2D eigenvalue weighted by atomic mass is 32.2. The number of anilines is 1. The van der Waals surface area contributed by atoms with Crippen molar-refractivity contribution in [1.29, 1.82) is 0 Å². The summed E-state index contributed by atoms with van der Waals surface area (Å²) in [5, 5.41) is 8.55. The van der Waals surface area contributed by atoms with Crippen molar-refractivity contribution in [3.63, 3.8) is 0 Å². The zero-order chi connectivity index (χ0) is 35.7. The van der Waals surface area contributed by atoms with E-state index in [2.05, 4.69) is 35.9 Å². The summed E-state index contributed by atoms with van der Waals surface area (Å²) >= 11 is 0. The molecule has 1 unspecified atom stereocenters. The first-order valence-corrected chi connectivity index (χ1v) is 17.9. The van der Waals surface area contributed by atoms with Crippen molar-refractivity contribution in [2.75, 3.05) is 32.2 Å². The smallest absolute Gasteiger partial charge is 0.295 e. The van der Waals surface area contributed by atoms with Crippen LogP contribution in [0, 0.1) is 5.92 Å². The van der Waals surface area contributed by atoms with Gasteiger partial charge in [-0.25, -0.2) is 9.19 Å². The maximum atomic E-state index is 11.7. The number of fused-ring (bicyclic) bond motifs is 2. The van der Waals surface area contributed by atoms with Crippen LogP contribution in [0.25, 0.3) is 22.2 Å². The maximum Gasteiger partial charge on any atom is 0.295 e. The fourth-order valence-electron chi connectivity index (χ4n) is 5.46. The minimum Gasteiger partial charge on any atom is -0.457 e. The number of amides is 2. The van der Waals surface area contributed by atoms with E-state index in [9.17, 15) is 13.8 Å². The Labute approximate surface area is 295 Å². The van der Waals surface area contributed by atoms with Gasteiger partial charge >= 0.3 is 0 Å². The predicted molar refractivity (Wildman–Crippen MR) is 191 cm³/mol. The number of benzene rings is 2. The molecular formula is C36H37N7O7S. The molecular weight excluding hydrogens is 675 g/mol. The molecule has 4 heterocycles. The van der Waals surface area contributed by atoms with Gasteiger partial charge in [-0.2, -0.15) is 4.98 Å². The summed E-state index contributed by atoms with van der Waals surface area (Å²) in [7, 11) is 1.81. The third-order valence-electron chi connectivity index (χ3n) is 8.07. The summed E-state index contributed by atoms with van der Waals surface area (Å²) in [5.74, 6) is 2.26. The lowest BCUT2D eigenvalue weighted by Gasteiger charge is -2.21. The average Bonchev–Trinajstić information content (AvgIpc) is 3.78. The molecule has 7 rings (SSSR count). The van der Waals surface area contributed by atoms with Crippen molar-refractivity contribution < 1.29 is 32.1 Å². The summed E-state index contributed by atoms with van der Waals surface area (Å²) in [6.07, 6.45) is 11.1. The monoisotopic (exact) mass is 711 g/mol. The number of rotatable bonds is 10. The van der Waals surface area contributed by atoms with E-state index in [1.807, 2.05) is 12.1 Å². The number of carbonyl (C=O) groups excluding carboxylic acids is 2. The van der Waals surface area contributed by atoms with E-state index in [4.69, 9.17) is 18.3 Å². The number of hydrogen-bond acceptors (Lipinski definition) is 12. The highest BCUT2D eigenvalue weighted by molar-refractivity contribution is 7.84. The molecule has 6 aromatic rings. The van der Waals surface area contributed by atoms with E-state index in [1.165, 1.54) is 57.7 Å². The fraction of sp³-hybridized carbons (Fsp3) is 0.278. The van der Waals surface area contributed by atoms with Gasteiger partial charge in [0.15, 0.2) is 11.2 Å². The lowest BCUT2D eigenvalue weighted by molar-refractivity contribution is 0.0950. The molecule has 0 aliphatic heterocycles. The number of hydrogen-bond donors (Lipinski definition) is 3. The number of nitrogens with one attached hydrogen (secondary N) is 3. The summed E-state index contributed by atoms with van der Waals surface area (Å²) in [6.45, 7) is 0.898. The molecule has 1 atom stereocenters. The third kappa shape index (κ3) is 9.05. The van der Waals surface area contributed by atoms with Crippen LogP contribution in [0.3, 0.4) is 0 Å². The Morgan fingerprint density at radius 2 is 1.27 bits per heavy atom. The van der Waals surface area contributed by atoms with E-state index in [-0.39, 0.29) is 22.7 Å². The lowest BCUT2D eigenvalue weighted by Crippen LogP contribution is -2.18. The summed E-state index contributed by atoms with van der Waals surface area (Å²) in [5.41, 5.74) is 3.07. The quantitative estimate of drug-likeness (QED) is 0.141. The Kier molecular flexibility index (Phi) is 11.2. The summed E-state index contributed by atoms with van der Waals surface area (Å²) < 4.78 is 34.2. The Morgan fingerprint density at radius 3 is 1.82 bits per heavy atom. The number of carbonyl (C=O) groups is 2. The van der Waals surface area contributed by atoms with Crippen LogP contribution in [0.4, 0.5) is 6.01 Å². The second-order valence-corrected chi connectivity index (χ2v) is 13.0. The van der Waals surface area contributed by atoms with Gasteiger partial charge in [-0.1, -0.05) is 19.3 Å². The van der Waals surface area contributed by atoms with Gasteiger partial charge in [0.2, 0.25) is 0 Å². The third-order valence-corrected chi connectivity index (χ3v) is 8.73. The van der Waals surface area contributed by atoms with Gasteiger partial charge in [-0.15, -0.1) is 0 Å². The number of pyridine rings is 2. The fourth-order valence-corrected chi connectivity index (χ4v) is 5.90. The zero-order valence-electron chi connectivity index (χ0n) is 28.3. The van der Waals surface area contributed by atoms with Crippen LogP contribution in [0.1, 0.15) is 53.1 Å². The van der Waals surface area contributed by atoms with Gasteiger partial charge in [0.05, 0.1) is 0 Å². The van der Waals surface area contributed by atoms with Gasteiger partial charge in [0.1, 0.15) is 56.2 Å². The molecule has 2 aromatic carbocycles. The van der Waals surface area contributed by atoms with Crippen molar-refractivity contribution in [2.24, 2.45) is 5.92 Å². The predicted octanol–water partition coefficient (Wildman–Crippen LogP) is 6.48. The standard InChI is InChI=1S/C21H24N4O3.C15H13N3O4S/c1-22-20(26)18-11-16(9-10-23-18)27-15-7-8-17-19(12-15)28-21(25-17)24-13-14-5-3-2-4-6-14;1-16-14(19)12-7-10(5-6-17-12)21-9-3-4-11-13(8-9)22-15(18-11)23(2)20/h7-12,14H,2-6,13H2,1H3,(H,22,26)(H,24,25);3-8H,1-2H3,(H,16,19). The topological polar surface area (TPSA) is 184 Å². The second kappa shape index (κ2) is 16.3. The van der Waals surface area contributed by atoms with Crippen molar-refractivity contribution in [2.45, 2.75) is 37.3 Å². The molecule has 1 saturated carbocycles. The Balaban J connectivity index is 0.000000179. The molecule has 1 aliphatic rings. The second-order valence-electron chi connectivity index (χ2n) is 11.7. The molecule has 2 amide bonds. The highest BCUT2D eigenvalue weighted by Crippen LogP contribution is 2.30. The highest BCUT2D eigenvalue weighted by Gasteiger charge is 2.16. The first-order valence-electron chi connectivity index (χ1n) is 16.4. The van der Waals surface area contributed by atoms with Crippen molar-refractivity contribution in [1.82, 2.24) is 30.6 Å². The minimum atomic E-state index is -1.29. The van der Waals surface area contributed by atoms with E-state index >= 15 is 0 Å². The van der Waals surface area contributed by atoms with Crippen LogP contribution in [0.5, 0.6) is 23.0 Å². The van der Waals surface area contributed by atoms with E-state index in [0.717, 1.165) is 12.1 Å². The lowest BCUT2D eigenvalue weighted by atomic mass is 9.89. The Morgan fingerprint density at radius 1 is 0.745 bits per heavy atom. The largest absolute Gasteiger partial charge is 0.457 e. The molecule has 1 fully saturated rings. The molecule has 15 heteroatoms. The van der Waals surface area contributed by atoms with Crippen LogP contribution in [0.2, 0.25) is 0 Å². The number of oxazole rings is 2. The number of ether oxygens (including phenoxy) is 2. The van der Waals surface area contributed by atoms with Crippen LogP contribution in [-0.2, 0) is 10.8 Å². The molecule has 1 aliphatic carbocycles. The van der Waals surface area contributed by atoms with Crippen LogP contribution in [0.15, 0.2) is 87.1 Å². The van der Waals surface area contributed by atoms with E-state index in [1.54, 1.807) is 55.7 Å². The van der Waals surface area contributed by atoms with Gasteiger partial charge in [-0.3, -0.25) is 19.6 Å². The molecule has 264 valence electrons. The van der Waals surface area contributed by atoms with Gasteiger partial charge in [0, 0.05) is 63.6 Å². The Hall–Kier alpha value is -5.83. The maximum absolute atomic E-state index is 11.7. The van der Waals surface area contributed by atoms with Gasteiger partial charge in [0.25, 0.3) is 23.1 Å². The molecule has 0 saturated heterocycles. The van der Waals surface area contributed by atoms with Gasteiger partial charge in [-0.05, 0) is 55.2 Å². The van der Waals surface area contributed by atoms with Crippen molar-refractivity contribution in [3.8, 4) is 23.0 Å². The molecule has 0 bridgehead atoms. The molecule has 0 radical (unpaired) electrons. The molecule has 0 spiro atoms. The van der Waals surface area contributed by atoms with E-state index in [0.29, 0.717) is 57.3 Å². The first kappa shape index (κ1) is 35.0. The minimum absolute atomic E-state index is 0.169.